The molecule has 2 unspecified atom stereocenters. The molecule has 1 aliphatic heterocycles. The molecule has 1 heterocycles. The van der Waals surface area contributed by atoms with Gasteiger partial charge in [-0.2, -0.15) is 0 Å². The fourth-order valence-electron chi connectivity index (χ4n) is 4.63. The number of carbonyl (C=O) groups is 2. The van der Waals surface area contributed by atoms with Gasteiger partial charge >= 0.3 is 13.6 Å². The molecular formula is C30H34NO6P. The van der Waals surface area contributed by atoms with Crippen LogP contribution in [0.5, 0.6) is 0 Å². The number of likely N-dealkylation sites (tertiary alicyclic amines) is 1. The molecule has 3 aromatic carbocycles. The van der Waals surface area contributed by atoms with Crippen molar-refractivity contribution in [3.8, 4) is 0 Å². The maximum absolute atomic E-state index is 13.7. The van der Waals surface area contributed by atoms with Gasteiger partial charge in [0.1, 0.15) is 12.6 Å². The molecule has 0 radical (unpaired) electrons. The van der Waals surface area contributed by atoms with Crippen LogP contribution in [0.15, 0.2) is 91.0 Å². The van der Waals surface area contributed by atoms with Crippen LogP contribution in [0.4, 0.5) is 0 Å². The second-order valence-corrected chi connectivity index (χ2v) is 11.4. The van der Waals surface area contributed by atoms with Gasteiger partial charge in [-0.05, 0) is 48.8 Å². The van der Waals surface area contributed by atoms with Crippen LogP contribution in [-0.2, 0) is 36.4 Å². The second kappa shape index (κ2) is 13.5. The molecule has 0 aromatic heterocycles. The topological polar surface area (TPSA) is 93.1 Å². The van der Waals surface area contributed by atoms with Crippen LogP contribution in [-0.4, -0.2) is 40.4 Å². The van der Waals surface area contributed by atoms with Crippen molar-refractivity contribution >= 4 is 19.5 Å². The van der Waals surface area contributed by atoms with Gasteiger partial charge in [-0.15, -0.1) is 0 Å². The Balaban J connectivity index is 1.40. The van der Waals surface area contributed by atoms with Gasteiger partial charge in [0.25, 0.3) is 5.91 Å². The Bertz CT molecular complexity index is 1220. The predicted molar refractivity (Wildman–Crippen MR) is 145 cm³/mol. The van der Waals surface area contributed by atoms with Crippen LogP contribution in [0.1, 0.15) is 48.5 Å². The van der Waals surface area contributed by atoms with Gasteiger partial charge in [0.2, 0.25) is 0 Å². The minimum atomic E-state index is -4.09. The Morgan fingerprint density at radius 1 is 0.895 bits per heavy atom. The number of rotatable bonds is 12. The van der Waals surface area contributed by atoms with Gasteiger partial charge in [0.05, 0.1) is 6.16 Å². The second-order valence-electron chi connectivity index (χ2n) is 9.48. The largest absolute Gasteiger partial charge is 0.459 e. The molecule has 0 bridgehead atoms. The summed E-state index contributed by atoms with van der Waals surface area (Å²) in [6.45, 7) is 0.467. The van der Waals surface area contributed by atoms with Crippen LogP contribution in [0, 0.1) is 0 Å². The van der Waals surface area contributed by atoms with E-state index in [0.29, 0.717) is 31.4 Å². The summed E-state index contributed by atoms with van der Waals surface area (Å²) in [4.78, 5) is 38.7. The third kappa shape index (κ3) is 7.87. The Kier molecular flexibility index (Phi) is 9.88. The normalized spacial score (nSPS) is 17.5. The van der Waals surface area contributed by atoms with Crippen molar-refractivity contribution in [1.29, 1.82) is 0 Å². The summed E-state index contributed by atoms with van der Waals surface area (Å²) in [5, 5.41) is 0. The molecule has 3 atom stereocenters. The highest BCUT2D eigenvalue weighted by Crippen LogP contribution is 2.48. The molecule has 0 spiro atoms. The van der Waals surface area contributed by atoms with Crippen molar-refractivity contribution in [1.82, 2.24) is 4.90 Å². The van der Waals surface area contributed by atoms with Gasteiger partial charge < -0.3 is 14.5 Å². The summed E-state index contributed by atoms with van der Waals surface area (Å²) in [6.07, 6.45) is 1.76. The minimum Gasteiger partial charge on any atom is -0.459 e. The van der Waals surface area contributed by atoms with Gasteiger partial charge in [-0.25, -0.2) is 4.79 Å². The number of esters is 1. The fourth-order valence-corrected chi connectivity index (χ4v) is 5.90. The molecule has 1 aliphatic rings. The van der Waals surface area contributed by atoms with Crippen LogP contribution >= 0.6 is 7.60 Å². The van der Waals surface area contributed by atoms with Crippen LogP contribution in [0.25, 0.3) is 0 Å². The van der Waals surface area contributed by atoms with E-state index in [9.17, 15) is 19.0 Å². The zero-order valence-corrected chi connectivity index (χ0v) is 22.2. The third-order valence-corrected chi connectivity index (χ3v) is 8.05. The summed E-state index contributed by atoms with van der Waals surface area (Å²) in [5.41, 5.74) is 2.49. The van der Waals surface area contributed by atoms with E-state index in [1.807, 2.05) is 60.7 Å². The summed E-state index contributed by atoms with van der Waals surface area (Å²) in [5.74, 6) is -0.992. The third-order valence-electron chi connectivity index (χ3n) is 6.63. The van der Waals surface area contributed by atoms with E-state index in [1.54, 1.807) is 30.3 Å². The molecule has 1 N–H and O–H groups in total. The van der Waals surface area contributed by atoms with Crippen molar-refractivity contribution in [2.75, 3.05) is 12.7 Å². The van der Waals surface area contributed by atoms with E-state index in [0.717, 1.165) is 24.0 Å². The molecule has 0 aliphatic carbocycles. The number of hydrogen-bond acceptors (Lipinski definition) is 5. The lowest BCUT2D eigenvalue weighted by atomic mass is 10.1. The van der Waals surface area contributed by atoms with E-state index in [-0.39, 0.29) is 12.8 Å². The minimum absolute atomic E-state index is 0.0566. The number of carbonyl (C=O) groups excluding carboxylic acids is 2. The molecule has 200 valence electrons. The Labute approximate surface area is 223 Å². The average molecular weight is 536 g/mol. The SMILES string of the molecule is O=C(OCc1ccccc1)[C@H]1CCCN1C(=O)C(OP(=O)(O)CCCCc1ccccc1)c1ccccc1. The van der Waals surface area contributed by atoms with E-state index < -0.39 is 31.6 Å². The van der Waals surface area contributed by atoms with Crippen molar-refractivity contribution in [2.24, 2.45) is 0 Å². The molecular weight excluding hydrogens is 501 g/mol. The first-order valence-electron chi connectivity index (χ1n) is 13.0. The van der Waals surface area contributed by atoms with Crippen molar-refractivity contribution in [3.05, 3.63) is 108 Å². The average Bonchev–Trinajstić information content (AvgIpc) is 3.44. The van der Waals surface area contributed by atoms with E-state index in [1.165, 1.54) is 4.90 Å². The monoisotopic (exact) mass is 535 g/mol. The number of ether oxygens (including phenoxy) is 1. The first-order chi connectivity index (χ1) is 18.4. The molecule has 3 aromatic rings. The molecule has 0 saturated carbocycles. The van der Waals surface area contributed by atoms with E-state index in [4.69, 9.17) is 9.26 Å². The zero-order valence-electron chi connectivity index (χ0n) is 21.4. The van der Waals surface area contributed by atoms with Gasteiger partial charge in [0.15, 0.2) is 6.10 Å². The number of nitrogens with zero attached hydrogens (tertiary/aromatic N) is 1. The lowest BCUT2D eigenvalue weighted by molar-refractivity contribution is -0.156. The first-order valence-corrected chi connectivity index (χ1v) is 14.8. The van der Waals surface area contributed by atoms with E-state index in [2.05, 4.69) is 0 Å². The standard InChI is InChI=1S/C30H34NO6P/c32-29(31-21-12-20-27(31)30(33)36-23-25-16-6-2-7-17-25)28(26-18-8-3-9-19-26)37-38(34,35)22-11-10-15-24-13-4-1-5-14-24/h1-9,13-14,16-19,27-28H,10-12,15,20-23H2,(H,34,35)/t27-,28?/m1/s1. The molecule has 1 fully saturated rings. The smallest absolute Gasteiger partial charge is 0.329 e. The number of unbranched alkanes of at least 4 members (excludes halogenated alkanes) is 1. The number of amides is 1. The maximum atomic E-state index is 13.7. The maximum Gasteiger partial charge on any atom is 0.329 e. The number of benzene rings is 3. The lowest BCUT2D eigenvalue weighted by Crippen LogP contribution is -2.44. The zero-order chi connectivity index (χ0) is 26.8. The van der Waals surface area contributed by atoms with Crippen LogP contribution in [0.2, 0.25) is 0 Å². The quantitative estimate of drug-likeness (QED) is 0.182. The highest BCUT2D eigenvalue weighted by molar-refractivity contribution is 7.52. The number of hydrogen-bond donors (Lipinski definition) is 1. The number of aryl methyl sites for hydroxylation is 1. The molecule has 1 saturated heterocycles. The summed E-state index contributed by atoms with van der Waals surface area (Å²) >= 11 is 0. The van der Waals surface area contributed by atoms with Gasteiger partial charge in [-0.3, -0.25) is 13.9 Å². The molecule has 4 rings (SSSR count). The van der Waals surface area contributed by atoms with Crippen molar-refractivity contribution < 1.29 is 28.3 Å². The molecule has 8 heteroatoms. The summed E-state index contributed by atoms with van der Waals surface area (Å²) in [6, 6.07) is 27.2. The van der Waals surface area contributed by atoms with Crippen molar-refractivity contribution in [2.45, 2.75) is 50.9 Å². The fraction of sp³-hybridized carbons (Fsp3) is 0.333. The van der Waals surface area contributed by atoms with Crippen molar-refractivity contribution in [3.63, 3.8) is 0 Å². The highest BCUT2D eigenvalue weighted by atomic mass is 31.2. The highest BCUT2D eigenvalue weighted by Gasteiger charge is 2.41. The molecule has 1 amide bonds. The Morgan fingerprint density at radius 3 is 2.16 bits per heavy atom. The Morgan fingerprint density at radius 2 is 1.50 bits per heavy atom. The predicted octanol–water partition coefficient (Wildman–Crippen LogP) is 5.69. The van der Waals surface area contributed by atoms with Gasteiger partial charge in [0, 0.05) is 6.54 Å². The van der Waals surface area contributed by atoms with Crippen LogP contribution in [0.3, 0.4) is 0 Å². The lowest BCUT2D eigenvalue weighted by Gasteiger charge is -2.29. The van der Waals surface area contributed by atoms with E-state index >= 15 is 0 Å². The van der Waals surface area contributed by atoms with Gasteiger partial charge in [-0.1, -0.05) is 91.0 Å². The van der Waals surface area contributed by atoms with Crippen LogP contribution < -0.4 is 0 Å². The molecule has 7 nitrogen and oxygen atoms in total. The summed E-state index contributed by atoms with van der Waals surface area (Å²) < 4.78 is 24.3. The first kappa shape index (κ1) is 27.8. The molecule has 38 heavy (non-hydrogen) atoms. The summed E-state index contributed by atoms with van der Waals surface area (Å²) in [7, 11) is -4.09. The Hall–Kier alpha value is -3.25.